The van der Waals surface area contributed by atoms with Crippen LogP contribution in [0.25, 0.3) is 0 Å². The van der Waals surface area contributed by atoms with Gasteiger partial charge in [-0.3, -0.25) is 9.59 Å². The number of carbonyl (C=O) groups excluding carboxylic acids is 2. The highest BCUT2D eigenvalue weighted by Crippen LogP contribution is 1.60. The quantitative estimate of drug-likeness (QED) is 0.306. The SMILES string of the molecule is CC(O)NC=O.NC=O. The molecule has 2 amide bonds. The summed E-state index contributed by atoms with van der Waals surface area (Å²) >= 11 is 0. The lowest BCUT2D eigenvalue weighted by Gasteiger charge is -1.95. The van der Waals surface area contributed by atoms with Crippen molar-refractivity contribution in [2.24, 2.45) is 5.73 Å². The second-order valence-electron chi connectivity index (χ2n) is 1.10. The van der Waals surface area contributed by atoms with Gasteiger partial charge in [0.25, 0.3) is 0 Å². The first-order valence-corrected chi connectivity index (χ1v) is 2.22. The molecule has 0 heterocycles. The first-order chi connectivity index (χ1) is 4.18. The van der Waals surface area contributed by atoms with E-state index in [0.717, 1.165) is 0 Å². The van der Waals surface area contributed by atoms with Crippen molar-refractivity contribution in [1.82, 2.24) is 5.32 Å². The highest BCUT2D eigenvalue weighted by molar-refractivity contribution is 5.45. The van der Waals surface area contributed by atoms with Gasteiger partial charge in [-0.1, -0.05) is 0 Å². The van der Waals surface area contributed by atoms with Gasteiger partial charge in [0, 0.05) is 0 Å². The zero-order valence-corrected chi connectivity index (χ0v) is 5.07. The van der Waals surface area contributed by atoms with Crippen molar-refractivity contribution in [2.75, 3.05) is 0 Å². The summed E-state index contributed by atoms with van der Waals surface area (Å²) in [5.41, 5.74) is 4.17. The number of nitrogens with two attached hydrogens (primary N) is 1. The number of rotatable bonds is 2. The molecule has 0 radical (unpaired) electrons. The Kier molecular flexibility index (Phi) is 12.0. The number of aliphatic hydroxyl groups is 1. The van der Waals surface area contributed by atoms with Crippen molar-refractivity contribution in [3.63, 3.8) is 0 Å². The lowest BCUT2D eigenvalue weighted by atomic mass is 10.7. The molecule has 0 aromatic heterocycles. The fourth-order valence-electron chi connectivity index (χ4n) is 0.0985. The summed E-state index contributed by atoms with van der Waals surface area (Å²) in [7, 11) is 0. The van der Waals surface area contributed by atoms with Crippen LogP contribution in [0, 0.1) is 0 Å². The van der Waals surface area contributed by atoms with Crippen molar-refractivity contribution in [3.8, 4) is 0 Å². The highest BCUT2D eigenvalue weighted by atomic mass is 16.3. The fourth-order valence-corrected chi connectivity index (χ4v) is 0.0985. The van der Waals surface area contributed by atoms with Crippen LogP contribution in [0.4, 0.5) is 0 Å². The van der Waals surface area contributed by atoms with Gasteiger partial charge in [0.1, 0.15) is 6.23 Å². The molecule has 0 aliphatic heterocycles. The summed E-state index contributed by atoms with van der Waals surface area (Å²) in [6.07, 6.45) is -0.0208. The van der Waals surface area contributed by atoms with Crippen molar-refractivity contribution in [2.45, 2.75) is 13.2 Å². The van der Waals surface area contributed by atoms with Gasteiger partial charge in [-0.2, -0.15) is 0 Å². The lowest BCUT2D eigenvalue weighted by molar-refractivity contribution is -0.111. The molecule has 9 heavy (non-hydrogen) atoms. The van der Waals surface area contributed by atoms with E-state index in [9.17, 15) is 4.79 Å². The van der Waals surface area contributed by atoms with Gasteiger partial charge < -0.3 is 16.2 Å². The normalized spacial score (nSPS) is 10.0. The van der Waals surface area contributed by atoms with E-state index in [1.165, 1.54) is 6.92 Å². The van der Waals surface area contributed by atoms with Gasteiger partial charge >= 0.3 is 0 Å². The Bertz CT molecular complexity index is 74.2. The van der Waals surface area contributed by atoms with Crippen molar-refractivity contribution >= 4 is 12.8 Å². The molecular formula is C4H10N2O3. The van der Waals surface area contributed by atoms with Crippen molar-refractivity contribution in [1.29, 1.82) is 0 Å². The summed E-state index contributed by atoms with van der Waals surface area (Å²) in [6.45, 7) is 1.47. The highest BCUT2D eigenvalue weighted by Gasteiger charge is 1.82. The van der Waals surface area contributed by atoms with E-state index in [1.54, 1.807) is 0 Å². The number of nitrogens with one attached hydrogen (secondary N) is 1. The molecule has 54 valence electrons. The average molecular weight is 134 g/mol. The predicted molar refractivity (Wildman–Crippen MR) is 31.1 cm³/mol. The topological polar surface area (TPSA) is 92.4 Å². The molecule has 0 saturated carbocycles. The second-order valence-corrected chi connectivity index (χ2v) is 1.10. The van der Waals surface area contributed by atoms with Gasteiger partial charge in [-0.15, -0.1) is 0 Å². The number of carbonyl (C=O) groups is 2. The van der Waals surface area contributed by atoms with E-state index >= 15 is 0 Å². The molecule has 0 aromatic rings. The van der Waals surface area contributed by atoms with Gasteiger partial charge in [-0.25, -0.2) is 0 Å². The van der Waals surface area contributed by atoms with Crippen molar-refractivity contribution < 1.29 is 14.7 Å². The van der Waals surface area contributed by atoms with Crippen LogP contribution in [0.15, 0.2) is 0 Å². The Morgan fingerprint density at radius 1 is 1.67 bits per heavy atom. The van der Waals surface area contributed by atoms with E-state index in [4.69, 9.17) is 9.90 Å². The predicted octanol–water partition coefficient (Wildman–Crippen LogP) is -1.83. The Labute approximate surface area is 52.8 Å². The molecule has 4 N–H and O–H groups in total. The second kappa shape index (κ2) is 10.0. The monoisotopic (exact) mass is 134 g/mol. The minimum atomic E-state index is -0.720. The third kappa shape index (κ3) is 45.9. The zero-order chi connectivity index (χ0) is 7.70. The maximum atomic E-state index is 9.34. The molecule has 0 saturated heterocycles. The fraction of sp³-hybridized carbons (Fsp3) is 0.500. The van der Waals surface area contributed by atoms with E-state index in [-0.39, 0.29) is 6.41 Å². The van der Waals surface area contributed by atoms with Crippen LogP contribution in [0.3, 0.4) is 0 Å². The molecule has 0 rings (SSSR count). The summed E-state index contributed by atoms with van der Waals surface area (Å²) in [6, 6.07) is 0. The molecular weight excluding hydrogens is 124 g/mol. The number of primary amides is 1. The van der Waals surface area contributed by atoms with Crippen LogP contribution in [-0.2, 0) is 9.59 Å². The van der Waals surface area contributed by atoms with Gasteiger partial charge in [-0.05, 0) is 6.92 Å². The van der Waals surface area contributed by atoms with Crippen LogP contribution in [0.2, 0.25) is 0 Å². The van der Waals surface area contributed by atoms with E-state index in [0.29, 0.717) is 6.41 Å². The summed E-state index contributed by atoms with van der Waals surface area (Å²) < 4.78 is 0. The van der Waals surface area contributed by atoms with E-state index in [1.807, 2.05) is 0 Å². The molecule has 0 aliphatic rings. The first-order valence-electron chi connectivity index (χ1n) is 2.22. The Morgan fingerprint density at radius 3 is 2.00 bits per heavy atom. The molecule has 1 unspecified atom stereocenters. The summed E-state index contributed by atoms with van der Waals surface area (Å²) in [5.74, 6) is 0. The maximum Gasteiger partial charge on any atom is 0.209 e. The number of hydrogen-bond acceptors (Lipinski definition) is 3. The largest absolute Gasteiger partial charge is 0.374 e. The van der Waals surface area contributed by atoms with Crippen LogP contribution >= 0.6 is 0 Å². The van der Waals surface area contributed by atoms with Crippen LogP contribution in [-0.4, -0.2) is 24.2 Å². The molecule has 5 nitrogen and oxygen atoms in total. The third-order valence-electron chi connectivity index (χ3n) is 0.309. The number of amides is 2. The molecule has 0 spiro atoms. The molecule has 0 aliphatic carbocycles. The smallest absolute Gasteiger partial charge is 0.209 e. The molecule has 0 bridgehead atoms. The molecule has 5 heteroatoms. The summed E-state index contributed by atoms with van der Waals surface area (Å²) in [4.78, 5) is 17.9. The minimum absolute atomic E-state index is 0.250. The van der Waals surface area contributed by atoms with E-state index < -0.39 is 6.23 Å². The van der Waals surface area contributed by atoms with Gasteiger partial charge in [0.05, 0.1) is 0 Å². The lowest BCUT2D eigenvalue weighted by Crippen LogP contribution is -2.22. The first kappa shape index (κ1) is 10.8. The third-order valence-corrected chi connectivity index (χ3v) is 0.309. The summed E-state index contributed by atoms with van der Waals surface area (Å²) in [5, 5.41) is 10.3. The maximum absolute atomic E-state index is 9.34. The number of hydrogen-bond donors (Lipinski definition) is 3. The molecule has 1 atom stereocenters. The molecule has 0 fully saturated rings. The van der Waals surface area contributed by atoms with E-state index in [2.05, 4.69) is 11.1 Å². The van der Waals surface area contributed by atoms with Crippen LogP contribution < -0.4 is 11.1 Å². The average Bonchev–Trinajstić information content (AvgIpc) is 1.67. The standard InChI is InChI=1S/C3H7NO2.CH3NO/c1-3(6)4-2-5;2-1-3/h2-3,6H,1H3,(H,4,5);1H,(H2,2,3). The van der Waals surface area contributed by atoms with Crippen molar-refractivity contribution in [3.05, 3.63) is 0 Å². The Morgan fingerprint density at radius 2 is 2.00 bits per heavy atom. The Balaban J connectivity index is 0. The van der Waals surface area contributed by atoms with Gasteiger partial charge in [0.2, 0.25) is 12.8 Å². The minimum Gasteiger partial charge on any atom is -0.374 e. The Hall–Kier alpha value is -1.10. The van der Waals surface area contributed by atoms with Crippen LogP contribution in [0.1, 0.15) is 6.92 Å². The molecule has 0 aromatic carbocycles. The number of aliphatic hydroxyl groups excluding tert-OH is 1. The van der Waals surface area contributed by atoms with Crippen LogP contribution in [0.5, 0.6) is 0 Å². The zero-order valence-electron chi connectivity index (χ0n) is 5.07. The van der Waals surface area contributed by atoms with Gasteiger partial charge in [0.15, 0.2) is 0 Å².